The second kappa shape index (κ2) is 9.23. The number of hydrogen-bond acceptors (Lipinski definition) is 2. The lowest BCUT2D eigenvalue weighted by molar-refractivity contribution is 0.130. The van der Waals surface area contributed by atoms with Crippen molar-refractivity contribution in [3.8, 4) is 16.9 Å². The molecule has 0 bridgehead atoms. The Morgan fingerprint density at radius 1 is 0.812 bits per heavy atom. The average molecular weight is 461 g/mol. The first-order valence-corrected chi connectivity index (χ1v) is 11.4. The fourth-order valence-electron chi connectivity index (χ4n) is 4.20. The number of rotatable bonds is 5. The molecule has 32 heavy (non-hydrogen) atoms. The standard InChI is InChI=1S/C27H22Cl2N2O/c28-20-15-13-19(14-16-20)18-32-30-25-11-6-12-26-23(25)17-27(22-9-4-5-10-24(22)29)31(26)21-7-2-1-3-8-21/h1-5,7-10,13-17H,6,11-12,18H2/b30-25-. The molecule has 0 radical (unpaired) electrons. The van der Waals surface area contributed by atoms with Gasteiger partial charge in [-0.2, -0.15) is 0 Å². The summed E-state index contributed by atoms with van der Waals surface area (Å²) in [6.45, 7) is 0.409. The maximum atomic E-state index is 6.60. The third-order valence-electron chi connectivity index (χ3n) is 5.72. The summed E-state index contributed by atoms with van der Waals surface area (Å²) in [6, 6.07) is 28.2. The number of oxime groups is 1. The maximum Gasteiger partial charge on any atom is 0.142 e. The van der Waals surface area contributed by atoms with Crippen molar-refractivity contribution in [2.24, 2.45) is 5.16 Å². The molecule has 0 saturated heterocycles. The number of nitrogens with zero attached hydrogens (tertiary/aromatic N) is 2. The molecular weight excluding hydrogens is 439 g/mol. The predicted molar refractivity (Wildman–Crippen MR) is 132 cm³/mol. The van der Waals surface area contributed by atoms with Gasteiger partial charge < -0.3 is 9.40 Å². The molecule has 1 aromatic heterocycles. The Balaban J connectivity index is 1.55. The molecule has 5 rings (SSSR count). The number of para-hydroxylation sites is 1. The minimum atomic E-state index is 0.409. The molecule has 4 aromatic rings. The average Bonchev–Trinajstić information content (AvgIpc) is 3.21. The van der Waals surface area contributed by atoms with E-state index in [4.69, 9.17) is 28.0 Å². The van der Waals surface area contributed by atoms with E-state index in [9.17, 15) is 0 Å². The van der Waals surface area contributed by atoms with Gasteiger partial charge in [-0.3, -0.25) is 0 Å². The van der Waals surface area contributed by atoms with Gasteiger partial charge in [0.2, 0.25) is 0 Å². The van der Waals surface area contributed by atoms with Gasteiger partial charge in [0, 0.05) is 32.6 Å². The third-order valence-corrected chi connectivity index (χ3v) is 6.31. The van der Waals surface area contributed by atoms with Crippen molar-refractivity contribution in [3.05, 3.63) is 112 Å². The van der Waals surface area contributed by atoms with Crippen LogP contribution in [0, 0.1) is 0 Å². The molecule has 3 nitrogen and oxygen atoms in total. The molecule has 3 aromatic carbocycles. The van der Waals surface area contributed by atoms with E-state index in [2.05, 4.69) is 46.1 Å². The monoisotopic (exact) mass is 460 g/mol. The van der Waals surface area contributed by atoms with Gasteiger partial charge >= 0.3 is 0 Å². The van der Waals surface area contributed by atoms with Crippen LogP contribution in [-0.4, -0.2) is 10.3 Å². The lowest BCUT2D eigenvalue weighted by Crippen LogP contribution is -2.14. The fraction of sp³-hybridized carbons (Fsp3) is 0.148. The van der Waals surface area contributed by atoms with Gasteiger partial charge in [0.15, 0.2) is 0 Å². The SMILES string of the molecule is Clc1ccc(CO/N=C2/CCCc3c2cc(-c2ccccc2Cl)n3-c2ccccc2)cc1. The van der Waals surface area contributed by atoms with Crippen LogP contribution in [-0.2, 0) is 17.9 Å². The Morgan fingerprint density at radius 2 is 1.56 bits per heavy atom. The normalized spacial score (nSPS) is 14.4. The largest absolute Gasteiger partial charge is 0.391 e. The fourth-order valence-corrected chi connectivity index (χ4v) is 4.56. The quantitative estimate of drug-likeness (QED) is 0.280. The molecule has 0 N–H and O–H groups in total. The van der Waals surface area contributed by atoms with Crippen LogP contribution in [0.1, 0.15) is 29.7 Å². The van der Waals surface area contributed by atoms with E-state index in [1.54, 1.807) is 0 Å². The van der Waals surface area contributed by atoms with Gasteiger partial charge in [-0.1, -0.05) is 76.9 Å². The Bertz CT molecular complexity index is 1260. The zero-order valence-corrected chi connectivity index (χ0v) is 19.0. The first-order valence-electron chi connectivity index (χ1n) is 10.7. The first kappa shape index (κ1) is 20.9. The van der Waals surface area contributed by atoms with Crippen LogP contribution in [0.4, 0.5) is 0 Å². The van der Waals surface area contributed by atoms with Crippen LogP contribution in [0.25, 0.3) is 16.9 Å². The van der Waals surface area contributed by atoms with E-state index in [-0.39, 0.29) is 0 Å². The summed E-state index contributed by atoms with van der Waals surface area (Å²) in [4.78, 5) is 5.75. The van der Waals surface area contributed by atoms with E-state index in [1.807, 2.05) is 48.5 Å². The molecule has 5 heteroatoms. The number of fused-ring (bicyclic) bond motifs is 1. The zero-order chi connectivity index (χ0) is 21.9. The minimum absolute atomic E-state index is 0.409. The molecule has 160 valence electrons. The molecule has 1 aliphatic carbocycles. The third kappa shape index (κ3) is 4.19. The summed E-state index contributed by atoms with van der Waals surface area (Å²) in [5.41, 5.74) is 7.58. The highest BCUT2D eigenvalue weighted by atomic mass is 35.5. The Morgan fingerprint density at radius 3 is 2.34 bits per heavy atom. The molecule has 0 spiro atoms. The van der Waals surface area contributed by atoms with Crippen LogP contribution in [0.3, 0.4) is 0 Å². The number of benzene rings is 3. The minimum Gasteiger partial charge on any atom is -0.391 e. The van der Waals surface area contributed by atoms with Crippen LogP contribution < -0.4 is 0 Å². The van der Waals surface area contributed by atoms with Crippen LogP contribution >= 0.6 is 23.2 Å². The summed E-state index contributed by atoms with van der Waals surface area (Å²) in [5, 5.41) is 5.99. The van der Waals surface area contributed by atoms with E-state index in [1.165, 1.54) is 5.69 Å². The number of hydrogen-bond donors (Lipinski definition) is 0. The van der Waals surface area contributed by atoms with Crippen molar-refractivity contribution in [3.63, 3.8) is 0 Å². The summed E-state index contributed by atoms with van der Waals surface area (Å²) in [5.74, 6) is 0. The molecular formula is C27H22Cl2N2O. The molecule has 1 aliphatic rings. The van der Waals surface area contributed by atoms with Gasteiger partial charge in [0.1, 0.15) is 6.61 Å². The molecule has 1 heterocycles. The summed E-state index contributed by atoms with van der Waals surface area (Å²) in [7, 11) is 0. The summed E-state index contributed by atoms with van der Waals surface area (Å²) < 4.78 is 2.31. The topological polar surface area (TPSA) is 26.5 Å². The summed E-state index contributed by atoms with van der Waals surface area (Å²) in [6.07, 6.45) is 2.88. The number of aromatic nitrogens is 1. The molecule has 0 fully saturated rings. The van der Waals surface area contributed by atoms with Crippen molar-refractivity contribution >= 4 is 28.9 Å². The van der Waals surface area contributed by atoms with Gasteiger partial charge in [-0.15, -0.1) is 0 Å². The van der Waals surface area contributed by atoms with Crippen LogP contribution in [0.15, 0.2) is 90.1 Å². The maximum absolute atomic E-state index is 6.60. The molecule has 0 saturated carbocycles. The van der Waals surface area contributed by atoms with E-state index in [0.717, 1.165) is 58.1 Å². The zero-order valence-electron chi connectivity index (χ0n) is 17.5. The van der Waals surface area contributed by atoms with Gasteiger partial charge in [0.25, 0.3) is 0 Å². The van der Waals surface area contributed by atoms with Crippen LogP contribution in [0.5, 0.6) is 0 Å². The van der Waals surface area contributed by atoms with E-state index < -0.39 is 0 Å². The molecule has 0 aliphatic heterocycles. The van der Waals surface area contributed by atoms with Crippen molar-refractivity contribution < 1.29 is 4.84 Å². The first-order chi connectivity index (χ1) is 15.7. The summed E-state index contributed by atoms with van der Waals surface area (Å²) >= 11 is 12.6. The molecule has 0 atom stereocenters. The van der Waals surface area contributed by atoms with E-state index in [0.29, 0.717) is 11.6 Å². The van der Waals surface area contributed by atoms with Crippen LogP contribution in [0.2, 0.25) is 10.0 Å². The lowest BCUT2D eigenvalue weighted by atomic mass is 9.95. The van der Waals surface area contributed by atoms with Crippen molar-refractivity contribution in [1.82, 2.24) is 4.57 Å². The van der Waals surface area contributed by atoms with Gasteiger partial charge in [-0.05, 0) is 61.2 Å². The Hall–Kier alpha value is -3.01. The van der Waals surface area contributed by atoms with Crippen molar-refractivity contribution in [2.75, 3.05) is 0 Å². The highest BCUT2D eigenvalue weighted by Crippen LogP contribution is 2.37. The Labute approximate surface area is 197 Å². The van der Waals surface area contributed by atoms with E-state index >= 15 is 0 Å². The molecule has 0 unspecified atom stereocenters. The van der Waals surface area contributed by atoms with Gasteiger partial charge in [-0.25, -0.2) is 0 Å². The second-order valence-electron chi connectivity index (χ2n) is 7.83. The predicted octanol–water partition coefficient (Wildman–Crippen LogP) is 7.71. The Kier molecular flexibility index (Phi) is 6.02. The molecule has 0 amide bonds. The highest BCUT2D eigenvalue weighted by molar-refractivity contribution is 6.33. The van der Waals surface area contributed by atoms with Crippen molar-refractivity contribution in [1.29, 1.82) is 0 Å². The second-order valence-corrected chi connectivity index (χ2v) is 8.68. The lowest BCUT2D eigenvalue weighted by Gasteiger charge is -2.19. The van der Waals surface area contributed by atoms with Gasteiger partial charge in [0.05, 0.1) is 11.4 Å². The highest BCUT2D eigenvalue weighted by Gasteiger charge is 2.25. The van der Waals surface area contributed by atoms with Crippen molar-refractivity contribution in [2.45, 2.75) is 25.9 Å². The smallest absolute Gasteiger partial charge is 0.142 e. The number of halogens is 2.